The van der Waals surface area contributed by atoms with E-state index < -0.39 is 11.7 Å². The zero-order valence-corrected chi connectivity index (χ0v) is 13.6. The molecule has 1 aromatic carbocycles. The van der Waals surface area contributed by atoms with Crippen LogP contribution in [-0.4, -0.2) is 17.1 Å². The van der Waals surface area contributed by atoms with E-state index in [1.807, 2.05) is 22.6 Å². The fourth-order valence-corrected chi connectivity index (χ4v) is 2.25. The maximum absolute atomic E-state index is 12.7. The lowest BCUT2D eigenvalue weighted by atomic mass is 10.1. The minimum absolute atomic E-state index is 0.138. The van der Waals surface area contributed by atoms with Gasteiger partial charge in [-0.05, 0) is 34.7 Å². The monoisotopic (exact) mass is 428 g/mol. The van der Waals surface area contributed by atoms with Crippen molar-refractivity contribution in [3.63, 3.8) is 0 Å². The molecule has 1 heterocycles. The first-order chi connectivity index (χ1) is 9.82. The number of methoxy groups -OCH3 is 1. The fraction of sp³-hybridized carbons (Fsp3) is 0.231. The minimum Gasteiger partial charge on any atom is -0.378 e. The van der Waals surface area contributed by atoms with E-state index in [-0.39, 0.29) is 23.1 Å². The van der Waals surface area contributed by atoms with Crippen molar-refractivity contribution in [2.24, 2.45) is 0 Å². The summed E-state index contributed by atoms with van der Waals surface area (Å²) in [7, 11) is 1.50. The van der Waals surface area contributed by atoms with Gasteiger partial charge in [0.1, 0.15) is 5.15 Å². The highest BCUT2D eigenvalue weighted by Gasteiger charge is 2.30. The molecule has 0 unspecified atom stereocenters. The van der Waals surface area contributed by atoms with Crippen molar-refractivity contribution in [3.8, 4) is 11.4 Å². The van der Waals surface area contributed by atoms with Gasteiger partial charge >= 0.3 is 6.18 Å². The summed E-state index contributed by atoms with van der Waals surface area (Å²) < 4.78 is 43.8. The third kappa shape index (κ3) is 3.83. The lowest BCUT2D eigenvalue weighted by Crippen LogP contribution is -2.06. The SMILES string of the molecule is COCc1nc(-c2cccc(C(F)(F)F)c2)nc(Cl)c1I. The molecule has 21 heavy (non-hydrogen) atoms. The number of alkyl halides is 3. The lowest BCUT2D eigenvalue weighted by molar-refractivity contribution is -0.137. The van der Waals surface area contributed by atoms with Crippen LogP contribution in [0.3, 0.4) is 0 Å². The summed E-state index contributed by atoms with van der Waals surface area (Å²) in [6.07, 6.45) is -4.42. The number of hydrogen-bond donors (Lipinski definition) is 0. The molecule has 0 bridgehead atoms. The Balaban J connectivity index is 2.52. The molecule has 0 amide bonds. The van der Waals surface area contributed by atoms with Crippen LogP contribution in [0.25, 0.3) is 11.4 Å². The number of benzene rings is 1. The second-order valence-corrected chi connectivity index (χ2v) is 5.55. The molecule has 0 aliphatic rings. The van der Waals surface area contributed by atoms with Crippen molar-refractivity contribution in [2.75, 3.05) is 7.11 Å². The zero-order valence-electron chi connectivity index (χ0n) is 10.7. The van der Waals surface area contributed by atoms with Crippen molar-refractivity contribution in [1.29, 1.82) is 0 Å². The zero-order chi connectivity index (χ0) is 15.6. The maximum Gasteiger partial charge on any atom is 0.416 e. The summed E-state index contributed by atoms with van der Waals surface area (Å²) in [6, 6.07) is 4.80. The number of nitrogens with zero attached hydrogens (tertiary/aromatic N) is 2. The van der Waals surface area contributed by atoms with Crippen molar-refractivity contribution in [1.82, 2.24) is 9.97 Å². The molecule has 112 valence electrons. The van der Waals surface area contributed by atoms with E-state index in [9.17, 15) is 13.2 Å². The molecule has 0 saturated carbocycles. The van der Waals surface area contributed by atoms with Crippen LogP contribution in [-0.2, 0) is 17.5 Å². The summed E-state index contributed by atoms with van der Waals surface area (Å²) in [5, 5.41) is 0.185. The summed E-state index contributed by atoms with van der Waals surface area (Å²) >= 11 is 7.96. The van der Waals surface area contributed by atoms with Gasteiger partial charge in [0.05, 0.1) is 21.4 Å². The second-order valence-electron chi connectivity index (χ2n) is 4.11. The Morgan fingerprint density at radius 2 is 2.00 bits per heavy atom. The van der Waals surface area contributed by atoms with E-state index in [0.29, 0.717) is 9.26 Å². The Bertz CT molecular complexity index is 664. The van der Waals surface area contributed by atoms with Crippen LogP contribution in [0.4, 0.5) is 13.2 Å². The Labute approximate surface area is 137 Å². The van der Waals surface area contributed by atoms with E-state index in [4.69, 9.17) is 16.3 Å². The van der Waals surface area contributed by atoms with E-state index in [1.54, 1.807) is 0 Å². The summed E-state index contributed by atoms with van der Waals surface area (Å²) in [4.78, 5) is 8.25. The molecule has 0 spiro atoms. The molecule has 0 aliphatic heterocycles. The Kier molecular flexibility index (Phi) is 5.05. The van der Waals surface area contributed by atoms with Crippen LogP contribution in [0.15, 0.2) is 24.3 Å². The van der Waals surface area contributed by atoms with Gasteiger partial charge in [-0.15, -0.1) is 0 Å². The maximum atomic E-state index is 12.7. The molecular formula is C13H9ClF3IN2O. The first-order valence-corrected chi connectivity index (χ1v) is 7.17. The van der Waals surface area contributed by atoms with E-state index in [1.165, 1.54) is 19.2 Å². The molecule has 0 saturated heterocycles. The first kappa shape index (κ1) is 16.4. The van der Waals surface area contributed by atoms with Crippen LogP contribution >= 0.6 is 34.2 Å². The molecule has 0 atom stereocenters. The summed E-state index contributed by atoms with van der Waals surface area (Å²) in [5.74, 6) is 0.138. The summed E-state index contributed by atoms with van der Waals surface area (Å²) in [5.41, 5.74) is 0.0255. The molecule has 2 aromatic rings. The average Bonchev–Trinajstić information content (AvgIpc) is 2.43. The normalized spacial score (nSPS) is 11.7. The molecule has 8 heteroatoms. The Morgan fingerprint density at radius 3 is 2.62 bits per heavy atom. The van der Waals surface area contributed by atoms with Crippen molar-refractivity contribution < 1.29 is 17.9 Å². The number of rotatable bonds is 3. The predicted molar refractivity (Wildman–Crippen MR) is 80.9 cm³/mol. The summed E-state index contributed by atoms with van der Waals surface area (Å²) in [6.45, 7) is 0.201. The number of hydrogen-bond acceptors (Lipinski definition) is 3. The van der Waals surface area contributed by atoms with Crippen LogP contribution in [0.1, 0.15) is 11.3 Å². The van der Waals surface area contributed by atoms with Crippen LogP contribution < -0.4 is 0 Å². The standard InChI is InChI=1S/C13H9ClF3IN2O/c1-21-6-9-10(18)11(14)20-12(19-9)7-3-2-4-8(5-7)13(15,16)17/h2-5H,6H2,1H3. The average molecular weight is 429 g/mol. The number of aromatic nitrogens is 2. The van der Waals surface area contributed by atoms with Gasteiger partial charge in [0.25, 0.3) is 0 Å². The van der Waals surface area contributed by atoms with Crippen LogP contribution in [0, 0.1) is 3.57 Å². The van der Waals surface area contributed by atoms with Gasteiger partial charge < -0.3 is 4.74 Å². The van der Waals surface area contributed by atoms with Gasteiger partial charge in [0, 0.05) is 12.7 Å². The molecular weight excluding hydrogens is 420 g/mol. The van der Waals surface area contributed by atoms with Gasteiger partial charge in [0.15, 0.2) is 5.82 Å². The number of ether oxygens (including phenoxy) is 1. The van der Waals surface area contributed by atoms with Gasteiger partial charge in [0.2, 0.25) is 0 Å². The van der Waals surface area contributed by atoms with Crippen LogP contribution in [0.2, 0.25) is 5.15 Å². The Morgan fingerprint density at radius 1 is 1.29 bits per heavy atom. The fourth-order valence-electron chi connectivity index (χ4n) is 1.66. The molecule has 1 aromatic heterocycles. The van der Waals surface area contributed by atoms with Crippen molar-refractivity contribution in [3.05, 3.63) is 44.2 Å². The molecule has 2 rings (SSSR count). The largest absolute Gasteiger partial charge is 0.416 e. The molecule has 0 radical (unpaired) electrons. The lowest BCUT2D eigenvalue weighted by Gasteiger charge is -2.10. The molecule has 3 nitrogen and oxygen atoms in total. The van der Waals surface area contributed by atoms with E-state index >= 15 is 0 Å². The van der Waals surface area contributed by atoms with Crippen molar-refractivity contribution >= 4 is 34.2 Å². The van der Waals surface area contributed by atoms with Gasteiger partial charge in [-0.1, -0.05) is 23.7 Å². The molecule has 0 fully saturated rings. The van der Waals surface area contributed by atoms with Gasteiger partial charge in [-0.25, -0.2) is 9.97 Å². The second kappa shape index (κ2) is 6.45. The van der Waals surface area contributed by atoms with E-state index in [0.717, 1.165) is 12.1 Å². The smallest absolute Gasteiger partial charge is 0.378 e. The highest BCUT2D eigenvalue weighted by molar-refractivity contribution is 14.1. The number of halogens is 5. The topological polar surface area (TPSA) is 35.0 Å². The van der Waals surface area contributed by atoms with Crippen molar-refractivity contribution in [2.45, 2.75) is 12.8 Å². The van der Waals surface area contributed by atoms with Crippen LogP contribution in [0.5, 0.6) is 0 Å². The minimum atomic E-state index is -4.42. The third-order valence-electron chi connectivity index (χ3n) is 2.61. The van der Waals surface area contributed by atoms with Gasteiger partial charge in [-0.2, -0.15) is 13.2 Å². The first-order valence-electron chi connectivity index (χ1n) is 5.71. The predicted octanol–water partition coefficient (Wildman–Crippen LogP) is 4.57. The quantitative estimate of drug-likeness (QED) is 0.531. The van der Waals surface area contributed by atoms with Gasteiger partial charge in [-0.3, -0.25) is 0 Å². The molecule has 0 aliphatic carbocycles. The Hall–Kier alpha value is -0.930. The van der Waals surface area contributed by atoms with E-state index in [2.05, 4.69) is 9.97 Å². The molecule has 0 N–H and O–H groups in total. The third-order valence-corrected chi connectivity index (χ3v) is 4.33. The highest BCUT2D eigenvalue weighted by atomic mass is 127. The highest BCUT2D eigenvalue weighted by Crippen LogP contribution is 2.32.